The summed E-state index contributed by atoms with van der Waals surface area (Å²) < 4.78 is 24.7. The Kier molecular flexibility index (Phi) is 3.64. The molecule has 0 radical (unpaired) electrons. The first-order valence-corrected chi connectivity index (χ1v) is 8.15. The van der Waals surface area contributed by atoms with E-state index in [0.717, 1.165) is 24.7 Å². The van der Waals surface area contributed by atoms with Crippen molar-refractivity contribution in [2.24, 2.45) is 5.73 Å². The first-order chi connectivity index (χ1) is 8.39. The summed E-state index contributed by atoms with van der Waals surface area (Å²) in [6.07, 6.45) is 6.75. The van der Waals surface area contributed by atoms with E-state index in [1.165, 1.54) is 19.3 Å². The van der Waals surface area contributed by atoms with E-state index in [-0.39, 0.29) is 5.54 Å². The van der Waals surface area contributed by atoms with Gasteiger partial charge in [-0.05, 0) is 30.5 Å². The van der Waals surface area contributed by atoms with Crippen LogP contribution in [0, 0.1) is 0 Å². The van der Waals surface area contributed by atoms with Crippen molar-refractivity contribution in [2.75, 3.05) is 11.0 Å². The lowest BCUT2D eigenvalue weighted by Gasteiger charge is -2.34. The molecule has 18 heavy (non-hydrogen) atoms. The minimum atomic E-state index is -3.21. The van der Waals surface area contributed by atoms with Crippen LogP contribution in [0.3, 0.4) is 0 Å². The predicted octanol–water partition coefficient (Wildman–Crippen LogP) is 2.18. The Morgan fingerprint density at radius 2 is 1.67 bits per heavy atom. The van der Waals surface area contributed by atoms with Gasteiger partial charge in [0.25, 0.3) is 0 Å². The standard InChI is InChI=1S/C13H20N2O2S/c1-18(16,17)15-12-7-5-11(6-8-12)13(14)9-3-2-4-10-13/h5-8,15H,2-4,9-10,14H2,1H3. The van der Waals surface area contributed by atoms with Crippen molar-refractivity contribution in [1.29, 1.82) is 0 Å². The van der Waals surface area contributed by atoms with Gasteiger partial charge in [0.2, 0.25) is 10.0 Å². The normalized spacial score (nSPS) is 19.4. The molecule has 3 N–H and O–H groups in total. The van der Waals surface area contributed by atoms with E-state index in [0.29, 0.717) is 5.69 Å². The molecule has 1 aromatic rings. The Labute approximate surface area is 109 Å². The molecule has 1 aromatic carbocycles. The average Bonchev–Trinajstić information content (AvgIpc) is 2.28. The van der Waals surface area contributed by atoms with Gasteiger partial charge >= 0.3 is 0 Å². The van der Waals surface area contributed by atoms with Crippen LogP contribution in [0.25, 0.3) is 0 Å². The zero-order chi connectivity index (χ0) is 13.2. The third kappa shape index (κ3) is 3.23. The lowest BCUT2D eigenvalue weighted by Crippen LogP contribution is -2.38. The van der Waals surface area contributed by atoms with Gasteiger partial charge in [-0.3, -0.25) is 4.72 Å². The number of anilines is 1. The number of benzene rings is 1. The zero-order valence-corrected chi connectivity index (χ0v) is 11.5. The quantitative estimate of drug-likeness (QED) is 0.882. The van der Waals surface area contributed by atoms with Gasteiger partial charge in [-0.1, -0.05) is 31.4 Å². The van der Waals surface area contributed by atoms with E-state index in [9.17, 15) is 8.42 Å². The largest absolute Gasteiger partial charge is 0.321 e. The fraction of sp³-hybridized carbons (Fsp3) is 0.538. The molecule has 1 saturated carbocycles. The summed E-state index contributed by atoms with van der Waals surface area (Å²) in [6, 6.07) is 7.41. The topological polar surface area (TPSA) is 72.2 Å². The molecule has 1 aliphatic carbocycles. The van der Waals surface area contributed by atoms with Crippen LogP contribution in [-0.2, 0) is 15.6 Å². The van der Waals surface area contributed by atoms with Crippen LogP contribution in [0.5, 0.6) is 0 Å². The van der Waals surface area contributed by atoms with Crippen LogP contribution in [0.1, 0.15) is 37.7 Å². The Morgan fingerprint density at radius 3 is 2.17 bits per heavy atom. The van der Waals surface area contributed by atoms with E-state index in [1.54, 1.807) is 12.1 Å². The molecule has 0 amide bonds. The summed E-state index contributed by atoms with van der Waals surface area (Å²) in [7, 11) is -3.21. The number of nitrogens with one attached hydrogen (secondary N) is 1. The van der Waals surface area contributed by atoms with Crippen LogP contribution in [-0.4, -0.2) is 14.7 Å². The van der Waals surface area contributed by atoms with Crippen LogP contribution in [0.2, 0.25) is 0 Å². The molecule has 0 atom stereocenters. The number of sulfonamides is 1. The van der Waals surface area contributed by atoms with Crippen LogP contribution >= 0.6 is 0 Å². The van der Waals surface area contributed by atoms with Crippen molar-refractivity contribution < 1.29 is 8.42 Å². The zero-order valence-electron chi connectivity index (χ0n) is 10.6. The van der Waals surface area contributed by atoms with Crippen molar-refractivity contribution in [3.63, 3.8) is 0 Å². The molecule has 0 heterocycles. The van der Waals surface area contributed by atoms with Gasteiger partial charge in [0, 0.05) is 11.2 Å². The number of hydrogen-bond acceptors (Lipinski definition) is 3. The van der Waals surface area contributed by atoms with Gasteiger partial charge in [0.05, 0.1) is 6.26 Å². The predicted molar refractivity (Wildman–Crippen MR) is 73.9 cm³/mol. The van der Waals surface area contributed by atoms with Gasteiger partial charge in [0.15, 0.2) is 0 Å². The molecule has 0 bridgehead atoms. The van der Waals surface area contributed by atoms with E-state index < -0.39 is 10.0 Å². The van der Waals surface area contributed by atoms with Crippen molar-refractivity contribution in [2.45, 2.75) is 37.6 Å². The molecule has 0 spiro atoms. The lowest BCUT2D eigenvalue weighted by molar-refractivity contribution is 0.302. The maximum absolute atomic E-state index is 11.1. The maximum Gasteiger partial charge on any atom is 0.229 e. The van der Waals surface area contributed by atoms with E-state index in [2.05, 4.69) is 4.72 Å². The third-order valence-electron chi connectivity index (χ3n) is 3.51. The number of hydrogen-bond donors (Lipinski definition) is 2. The highest BCUT2D eigenvalue weighted by Gasteiger charge is 2.29. The molecular formula is C13H20N2O2S. The van der Waals surface area contributed by atoms with Crippen LogP contribution in [0.4, 0.5) is 5.69 Å². The second-order valence-electron chi connectivity index (χ2n) is 5.17. The minimum Gasteiger partial charge on any atom is -0.321 e. The first kappa shape index (κ1) is 13.4. The summed E-state index contributed by atoms with van der Waals surface area (Å²) in [4.78, 5) is 0. The SMILES string of the molecule is CS(=O)(=O)Nc1ccc(C2(N)CCCCC2)cc1. The third-order valence-corrected chi connectivity index (χ3v) is 4.12. The van der Waals surface area contributed by atoms with Gasteiger partial charge in [0.1, 0.15) is 0 Å². The molecule has 1 fully saturated rings. The van der Waals surface area contributed by atoms with Crippen LogP contribution < -0.4 is 10.5 Å². The molecule has 100 valence electrons. The molecule has 0 saturated heterocycles. The lowest BCUT2D eigenvalue weighted by atomic mass is 9.77. The Hall–Kier alpha value is -1.07. The Balaban J connectivity index is 2.16. The summed E-state index contributed by atoms with van der Waals surface area (Å²) in [5.74, 6) is 0. The Morgan fingerprint density at radius 1 is 1.11 bits per heavy atom. The van der Waals surface area contributed by atoms with E-state index in [1.807, 2.05) is 12.1 Å². The molecule has 0 aliphatic heterocycles. The summed E-state index contributed by atoms with van der Waals surface area (Å²) in [5.41, 5.74) is 7.87. The number of nitrogens with two attached hydrogens (primary N) is 1. The maximum atomic E-state index is 11.1. The summed E-state index contributed by atoms with van der Waals surface area (Å²) in [5, 5.41) is 0. The molecule has 2 rings (SSSR count). The van der Waals surface area contributed by atoms with Gasteiger partial charge in [-0.2, -0.15) is 0 Å². The highest BCUT2D eigenvalue weighted by molar-refractivity contribution is 7.92. The molecular weight excluding hydrogens is 248 g/mol. The van der Waals surface area contributed by atoms with E-state index in [4.69, 9.17) is 5.73 Å². The first-order valence-electron chi connectivity index (χ1n) is 6.26. The second-order valence-corrected chi connectivity index (χ2v) is 6.92. The van der Waals surface area contributed by atoms with Crippen molar-refractivity contribution in [3.05, 3.63) is 29.8 Å². The van der Waals surface area contributed by atoms with Gasteiger partial charge in [-0.15, -0.1) is 0 Å². The van der Waals surface area contributed by atoms with E-state index >= 15 is 0 Å². The highest BCUT2D eigenvalue weighted by atomic mass is 32.2. The van der Waals surface area contributed by atoms with Gasteiger partial charge in [-0.25, -0.2) is 8.42 Å². The molecule has 4 nitrogen and oxygen atoms in total. The molecule has 5 heteroatoms. The highest BCUT2D eigenvalue weighted by Crippen LogP contribution is 2.35. The average molecular weight is 268 g/mol. The minimum absolute atomic E-state index is 0.234. The molecule has 0 unspecified atom stereocenters. The summed E-state index contributed by atoms with van der Waals surface area (Å²) in [6.45, 7) is 0. The molecule has 1 aliphatic rings. The summed E-state index contributed by atoms with van der Waals surface area (Å²) >= 11 is 0. The smallest absolute Gasteiger partial charge is 0.229 e. The Bertz CT molecular complexity index is 502. The molecule has 0 aromatic heterocycles. The van der Waals surface area contributed by atoms with Crippen molar-refractivity contribution in [1.82, 2.24) is 0 Å². The fourth-order valence-electron chi connectivity index (χ4n) is 2.56. The van der Waals surface area contributed by atoms with Crippen molar-refractivity contribution >= 4 is 15.7 Å². The van der Waals surface area contributed by atoms with Gasteiger partial charge < -0.3 is 5.73 Å². The van der Waals surface area contributed by atoms with Crippen molar-refractivity contribution in [3.8, 4) is 0 Å². The van der Waals surface area contributed by atoms with Crippen LogP contribution in [0.15, 0.2) is 24.3 Å². The second kappa shape index (κ2) is 4.90. The number of rotatable bonds is 3. The fourth-order valence-corrected chi connectivity index (χ4v) is 3.12. The monoisotopic (exact) mass is 268 g/mol.